The number of benzene rings is 2. The summed E-state index contributed by atoms with van der Waals surface area (Å²) < 4.78 is 48.1. The van der Waals surface area contributed by atoms with E-state index in [9.17, 15) is 18.0 Å². The molecule has 2 aromatic rings. The van der Waals surface area contributed by atoms with Crippen molar-refractivity contribution >= 4 is 17.8 Å². The minimum atomic E-state index is -4.51. The third-order valence-electron chi connectivity index (χ3n) is 4.07. The Morgan fingerprint density at radius 2 is 2.00 bits per heavy atom. The summed E-state index contributed by atoms with van der Waals surface area (Å²) in [6.45, 7) is 0.479. The van der Waals surface area contributed by atoms with Crippen LogP contribution in [0.2, 0.25) is 0 Å². The number of nitrogens with one attached hydrogen (secondary N) is 1. The first-order chi connectivity index (χ1) is 13.3. The van der Waals surface area contributed by atoms with Gasteiger partial charge in [0.25, 0.3) is 6.02 Å². The number of hydrogen-bond donors (Lipinski definition) is 2. The molecule has 9 heteroatoms. The number of aliphatic imine (C=N–C) groups is 1. The Kier molecular flexibility index (Phi) is 5.72. The molecule has 0 radical (unpaired) electrons. The van der Waals surface area contributed by atoms with Gasteiger partial charge in [-0.15, -0.1) is 0 Å². The normalized spacial score (nSPS) is 16.2. The number of amides is 1. The van der Waals surface area contributed by atoms with Crippen molar-refractivity contribution in [1.29, 1.82) is 0 Å². The summed E-state index contributed by atoms with van der Waals surface area (Å²) in [7, 11) is 0. The van der Waals surface area contributed by atoms with Gasteiger partial charge in [0, 0.05) is 5.69 Å². The number of alkyl halides is 3. The van der Waals surface area contributed by atoms with Crippen LogP contribution in [0.15, 0.2) is 53.5 Å². The van der Waals surface area contributed by atoms with Crippen LogP contribution in [0.25, 0.3) is 0 Å². The number of nitrogens with zero attached hydrogens (tertiary/aromatic N) is 1. The van der Waals surface area contributed by atoms with Crippen molar-refractivity contribution in [2.45, 2.75) is 25.1 Å². The number of carbonyl (C=O) groups is 1. The Morgan fingerprint density at radius 1 is 1.25 bits per heavy atom. The maximum atomic E-state index is 12.7. The van der Waals surface area contributed by atoms with E-state index in [2.05, 4.69) is 10.3 Å². The Labute approximate surface area is 159 Å². The van der Waals surface area contributed by atoms with Crippen molar-refractivity contribution < 1.29 is 27.4 Å². The van der Waals surface area contributed by atoms with Crippen molar-refractivity contribution in [2.24, 2.45) is 10.7 Å². The van der Waals surface area contributed by atoms with Gasteiger partial charge in [-0.1, -0.05) is 18.2 Å². The van der Waals surface area contributed by atoms with E-state index >= 15 is 0 Å². The summed E-state index contributed by atoms with van der Waals surface area (Å²) in [6, 6.07) is 11.4. The maximum absolute atomic E-state index is 12.7. The molecule has 28 heavy (non-hydrogen) atoms. The Morgan fingerprint density at radius 3 is 2.64 bits per heavy atom. The molecule has 0 saturated heterocycles. The average molecular weight is 393 g/mol. The number of anilines is 1. The van der Waals surface area contributed by atoms with E-state index < -0.39 is 17.8 Å². The highest BCUT2D eigenvalue weighted by Gasteiger charge is 2.30. The zero-order valence-electron chi connectivity index (χ0n) is 14.7. The molecule has 1 atom stereocenters. The van der Waals surface area contributed by atoms with Gasteiger partial charge in [-0.25, -0.2) is 9.79 Å². The zero-order chi connectivity index (χ0) is 20.1. The Bertz CT molecular complexity index is 867. The van der Waals surface area contributed by atoms with E-state index in [1.807, 2.05) is 12.1 Å². The van der Waals surface area contributed by atoms with Gasteiger partial charge in [0.1, 0.15) is 12.4 Å². The molecule has 1 amide bonds. The summed E-state index contributed by atoms with van der Waals surface area (Å²) >= 11 is 0. The van der Waals surface area contributed by atoms with Gasteiger partial charge >= 0.3 is 12.3 Å². The summed E-state index contributed by atoms with van der Waals surface area (Å²) in [5, 5.41) is 2.48. The lowest BCUT2D eigenvalue weighted by atomic mass is 10.1. The molecule has 3 rings (SSSR count). The number of rotatable bonds is 5. The number of halogens is 3. The van der Waals surface area contributed by atoms with Crippen LogP contribution in [0.4, 0.5) is 23.7 Å². The van der Waals surface area contributed by atoms with Gasteiger partial charge in [-0.3, -0.25) is 5.32 Å². The molecule has 148 valence electrons. The summed E-state index contributed by atoms with van der Waals surface area (Å²) in [4.78, 5) is 16.1. The number of aryl methyl sites for hydroxylation is 1. The molecule has 0 bridgehead atoms. The molecule has 0 aliphatic carbocycles. The molecular formula is C19H18F3N3O3. The second kappa shape index (κ2) is 8.20. The molecule has 1 unspecified atom stereocenters. The Hall–Kier alpha value is -3.23. The highest BCUT2D eigenvalue weighted by molar-refractivity contribution is 5.86. The van der Waals surface area contributed by atoms with E-state index in [4.69, 9.17) is 15.2 Å². The lowest BCUT2D eigenvalue weighted by Crippen LogP contribution is -2.17. The quantitative estimate of drug-likeness (QED) is 0.805. The van der Waals surface area contributed by atoms with Gasteiger partial charge in [-0.05, 0) is 48.7 Å². The lowest BCUT2D eigenvalue weighted by Gasteiger charge is -2.10. The van der Waals surface area contributed by atoms with Gasteiger partial charge in [-0.2, -0.15) is 13.2 Å². The monoisotopic (exact) mass is 393 g/mol. The van der Waals surface area contributed by atoms with E-state index in [1.54, 1.807) is 12.1 Å². The Balaban J connectivity index is 1.52. The van der Waals surface area contributed by atoms with Gasteiger partial charge in [0.15, 0.2) is 0 Å². The van der Waals surface area contributed by atoms with Crippen molar-refractivity contribution in [3.8, 4) is 5.75 Å². The fourth-order valence-corrected chi connectivity index (χ4v) is 2.66. The molecule has 1 heterocycles. The van der Waals surface area contributed by atoms with E-state index in [-0.39, 0.29) is 17.8 Å². The smallest absolute Gasteiger partial charge is 0.417 e. The number of ether oxygens (including phenoxy) is 2. The fraction of sp³-hybridized carbons (Fsp3) is 0.263. The minimum Gasteiger partial charge on any atom is -0.463 e. The molecule has 0 fully saturated rings. The molecule has 0 spiro atoms. The van der Waals surface area contributed by atoms with Crippen molar-refractivity contribution in [3.05, 3.63) is 59.7 Å². The van der Waals surface area contributed by atoms with E-state index in [0.717, 1.165) is 30.5 Å². The van der Waals surface area contributed by atoms with Crippen LogP contribution >= 0.6 is 0 Å². The highest BCUT2D eigenvalue weighted by atomic mass is 19.4. The topological polar surface area (TPSA) is 85.9 Å². The molecule has 0 aromatic heterocycles. The van der Waals surface area contributed by atoms with E-state index in [1.165, 1.54) is 12.1 Å². The van der Waals surface area contributed by atoms with E-state index in [0.29, 0.717) is 12.3 Å². The van der Waals surface area contributed by atoms with Crippen molar-refractivity contribution in [1.82, 2.24) is 0 Å². The number of carbonyl (C=O) groups excluding carboxylic acids is 1. The van der Waals surface area contributed by atoms with Crippen molar-refractivity contribution in [3.63, 3.8) is 0 Å². The van der Waals surface area contributed by atoms with Gasteiger partial charge < -0.3 is 15.2 Å². The SMILES string of the molecule is NC1=NC(CCc2ccc(NC(=O)Oc3cccc(C(F)(F)F)c3)cc2)CO1. The van der Waals surface area contributed by atoms with Crippen LogP contribution < -0.4 is 15.8 Å². The molecule has 1 aliphatic rings. The second-order valence-electron chi connectivity index (χ2n) is 6.21. The number of amidine groups is 1. The van der Waals surface area contributed by atoms with Gasteiger partial charge in [0.2, 0.25) is 0 Å². The predicted molar refractivity (Wildman–Crippen MR) is 97.2 cm³/mol. The zero-order valence-corrected chi connectivity index (χ0v) is 14.7. The largest absolute Gasteiger partial charge is 0.463 e. The molecular weight excluding hydrogens is 375 g/mol. The second-order valence-corrected chi connectivity index (χ2v) is 6.21. The third-order valence-corrected chi connectivity index (χ3v) is 4.07. The van der Waals surface area contributed by atoms with Crippen LogP contribution in [0.1, 0.15) is 17.5 Å². The summed E-state index contributed by atoms with van der Waals surface area (Å²) in [6.07, 6.45) is -3.84. The third kappa shape index (κ3) is 5.38. The summed E-state index contributed by atoms with van der Waals surface area (Å²) in [5.74, 6) is -0.192. The van der Waals surface area contributed by atoms with Crippen LogP contribution in [0, 0.1) is 0 Å². The van der Waals surface area contributed by atoms with Crippen LogP contribution in [-0.4, -0.2) is 24.8 Å². The number of nitrogens with two attached hydrogens (primary N) is 1. The standard InChI is InChI=1S/C19H18F3N3O3/c20-19(21,22)13-2-1-3-16(10-13)28-18(26)25-14-7-4-12(5-8-14)6-9-15-11-27-17(23)24-15/h1-5,7-8,10,15H,6,9,11H2,(H2,23,24)(H,25,26). The molecule has 6 nitrogen and oxygen atoms in total. The lowest BCUT2D eigenvalue weighted by molar-refractivity contribution is -0.137. The molecule has 0 saturated carbocycles. The summed E-state index contributed by atoms with van der Waals surface area (Å²) in [5.41, 5.74) is 6.08. The van der Waals surface area contributed by atoms with Gasteiger partial charge in [0.05, 0.1) is 11.6 Å². The molecule has 3 N–H and O–H groups in total. The molecule has 2 aromatic carbocycles. The number of hydrogen-bond acceptors (Lipinski definition) is 5. The minimum absolute atomic E-state index is 0.0419. The average Bonchev–Trinajstić information content (AvgIpc) is 3.06. The van der Waals surface area contributed by atoms with Crippen LogP contribution in [0.3, 0.4) is 0 Å². The first-order valence-electron chi connectivity index (χ1n) is 8.51. The maximum Gasteiger partial charge on any atom is 0.417 e. The van der Waals surface area contributed by atoms with Crippen molar-refractivity contribution in [2.75, 3.05) is 11.9 Å². The first kappa shape index (κ1) is 19.5. The molecule has 1 aliphatic heterocycles. The van der Waals surface area contributed by atoms with Crippen LogP contribution in [-0.2, 0) is 17.3 Å². The predicted octanol–water partition coefficient (Wildman–Crippen LogP) is 3.96. The van der Waals surface area contributed by atoms with Crippen LogP contribution in [0.5, 0.6) is 5.75 Å². The highest BCUT2D eigenvalue weighted by Crippen LogP contribution is 2.31. The first-order valence-corrected chi connectivity index (χ1v) is 8.51. The fourth-order valence-electron chi connectivity index (χ4n) is 2.66.